The standard InChI is InChI=1S/C13H14N6/c14-9-1-2-12-11(5-9)13(19-8-18-12)16-4-3-10-6-15-7-17-10/h1-2,5-8H,3-4,14H2,(H,15,17)(H,16,18,19). The van der Waals surface area contributed by atoms with Crippen LogP contribution in [0.25, 0.3) is 10.9 Å². The number of imidazole rings is 1. The third-order valence-electron chi connectivity index (χ3n) is 2.90. The molecule has 3 rings (SSSR count). The Hall–Kier alpha value is -2.63. The van der Waals surface area contributed by atoms with Gasteiger partial charge in [-0.15, -0.1) is 0 Å². The SMILES string of the molecule is Nc1ccc2ncnc(NCCc3cnc[nH]3)c2c1. The summed E-state index contributed by atoms with van der Waals surface area (Å²) in [7, 11) is 0. The largest absolute Gasteiger partial charge is 0.399 e. The molecule has 4 N–H and O–H groups in total. The van der Waals surface area contributed by atoms with Gasteiger partial charge in [0.2, 0.25) is 0 Å². The molecule has 0 unspecified atom stereocenters. The van der Waals surface area contributed by atoms with Crippen LogP contribution >= 0.6 is 0 Å². The lowest BCUT2D eigenvalue weighted by Crippen LogP contribution is -2.07. The molecule has 0 amide bonds. The second-order valence-corrected chi connectivity index (χ2v) is 4.25. The molecule has 6 heteroatoms. The van der Waals surface area contributed by atoms with Crippen molar-refractivity contribution in [3.63, 3.8) is 0 Å². The summed E-state index contributed by atoms with van der Waals surface area (Å²) in [4.78, 5) is 15.5. The highest BCUT2D eigenvalue weighted by atomic mass is 15.0. The third kappa shape index (κ3) is 2.47. The Bertz CT molecular complexity index is 677. The number of nitrogens with two attached hydrogens (primary N) is 1. The Balaban J connectivity index is 1.78. The van der Waals surface area contributed by atoms with E-state index in [1.807, 2.05) is 24.4 Å². The number of fused-ring (bicyclic) bond motifs is 1. The number of aromatic nitrogens is 4. The zero-order valence-corrected chi connectivity index (χ0v) is 10.3. The average Bonchev–Trinajstić information content (AvgIpc) is 2.92. The molecule has 0 aliphatic carbocycles. The molecule has 19 heavy (non-hydrogen) atoms. The minimum absolute atomic E-state index is 0.707. The van der Waals surface area contributed by atoms with Crippen molar-refractivity contribution in [3.8, 4) is 0 Å². The van der Waals surface area contributed by atoms with Gasteiger partial charge in [-0.1, -0.05) is 0 Å². The highest BCUT2D eigenvalue weighted by molar-refractivity contribution is 5.91. The predicted octanol–water partition coefficient (Wildman–Crippen LogP) is 1.59. The minimum Gasteiger partial charge on any atom is -0.399 e. The molecule has 6 nitrogen and oxygen atoms in total. The molecular formula is C13H14N6. The summed E-state index contributed by atoms with van der Waals surface area (Å²) >= 11 is 0. The van der Waals surface area contributed by atoms with Crippen LogP contribution in [0, 0.1) is 0 Å². The molecule has 0 saturated heterocycles. The minimum atomic E-state index is 0.707. The van der Waals surface area contributed by atoms with Gasteiger partial charge in [-0.25, -0.2) is 15.0 Å². The first-order valence-electron chi connectivity index (χ1n) is 6.04. The van der Waals surface area contributed by atoms with E-state index < -0.39 is 0 Å². The van der Waals surface area contributed by atoms with E-state index in [1.165, 1.54) is 0 Å². The van der Waals surface area contributed by atoms with Crippen molar-refractivity contribution < 1.29 is 0 Å². The van der Waals surface area contributed by atoms with Crippen LogP contribution in [0.2, 0.25) is 0 Å². The molecule has 1 aromatic carbocycles. The summed E-state index contributed by atoms with van der Waals surface area (Å²) in [6, 6.07) is 5.62. The molecule has 0 radical (unpaired) electrons. The lowest BCUT2D eigenvalue weighted by molar-refractivity contribution is 0.968. The summed E-state index contributed by atoms with van der Waals surface area (Å²) in [5, 5.41) is 4.24. The van der Waals surface area contributed by atoms with Crippen molar-refractivity contribution >= 4 is 22.4 Å². The van der Waals surface area contributed by atoms with Gasteiger partial charge in [-0.2, -0.15) is 0 Å². The number of hydrogen-bond donors (Lipinski definition) is 3. The molecule has 0 atom stereocenters. The van der Waals surface area contributed by atoms with Crippen LogP contribution < -0.4 is 11.1 Å². The lowest BCUT2D eigenvalue weighted by Gasteiger charge is -2.08. The molecule has 0 saturated carbocycles. The molecular weight excluding hydrogens is 240 g/mol. The Morgan fingerprint density at radius 1 is 1.26 bits per heavy atom. The van der Waals surface area contributed by atoms with Crippen LogP contribution in [-0.2, 0) is 6.42 Å². The molecule has 96 valence electrons. The summed E-state index contributed by atoms with van der Waals surface area (Å²) < 4.78 is 0. The topological polar surface area (TPSA) is 92.5 Å². The fourth-order valence-corrected chi connectivity index (χ4v) is 1.95. The average molecular weight is 254 g/mol. The fraction of sp³-hybridized carbons (Fsp3) is 0.154. The smallest absolute Gasteiger partial charge is 0.137 e. The van der Waals surface area contributed by atoms with Gasteiger partial charge in [0, 0.05) is 35.9 Å². The molecule has 0 fully saturated rings. The van der Waals surface area contributed by atoms with E-state index in [4.69, 9.17) is 5.73 Å². The Morgan fingerprint density at radius 3 is 3.05 bits per heavy atom. The number of anilines is 2. The van der Waals surface area contributed by atoms with Crippen molar-refractivity contribution in [1.82, 2.24) is 19.9 Å². The maximum Gasteiger partial charge on any atom is 0.137 e. The van der Waals surface area contributed by atoms with E-state index in [0.717, 1.165) is 35.4 Å². The van der Waals surface area contributed by atoms with E-state index >= 15 is 0 Å². The zero-order valence-electron chi connectivity index (χ0n) is 10.3. The molecule has 0 spiro atoms. The van der Waals surface area contributed by atoms with Crippen molar-refractivity contribution in [2.45, 2.75) is 6.42 Å². The van der Waals surface area contributed by atoms with Crippen LogP contribution in [0.5, 0.6) is 0 Å². The Morgan fingerprint density at radius 2 is 2.21 bits per heavy atom. The summed E-state index contributed by atoms with van der Waals surface area (Å²) in [5.41, 5.74) is 8.48. The highest BCUT2D eigenvalue weighted by Gasteiger charge is 2.03. The number of hydrogen-bond acceptors (Lipinski definition) is 5. The van der Waals surface area contributed by atoms with E-state index in [9.17, 15) is 0 Å². The number of nitrogens with zero attached hydrogens (tertiary/aromatic N) is 3. The van der Waals surface area contributed by atoms with Gasteiger partial charge in [-0.05, 0) is 18.2 Å². The van der Waals surface area contributed by atoms with Crippen LogP contribution in [-0.4, -0.2) is 26.5 Å². The summed E-state index contributed by atoms with van der Waals surface area (Å²) in [5.74, 6) is 0.803. The molecule has 0 aliphatic rings. The maximum atomic E-state index is 5.80. The first kappa shape index (κ1) is 11.5. The molecule has 0 bridgehead atoms. The van der Waals surface area contributed by atoms with Crippen LogP contribution in [0.4, 0.5) is 11.5 Å². The van der Waals surface area contributed by atoms with E-state index in [2.05, 4.69) is 25.3 Å². The van der Waals surface area contributed by atoms with Crippen molar-refractivity contribution in [2.24, 2.45) is 0 Å². The van der Waals surface area contributed by atoms with E-state index in [-0.39, 0.29) is 0 Å². The Kier molecular flexibility index (Phi) is 2.97. The normalized spacial score (nSPS) is 10.7. The fourth-order valence-electron chi connectivity index (χ4n) is 1.95. The summed E-state index contributed by atoms with van der Waals surface area (Å²) in [6.45, 7) is 0.767. The first-order valence-corrected chi connectivity index (χ1v) is 6.04. The number of H-pyrrole nitrogens is 1. The lowest BCUT2D eigenvalue weighted by atomic mass is 10.2. The number of rotatable bonds is 4. The second kappa shape index (κ2) is 4.93. The third-order valence-corrected chi connectivity index (χ3v) is 2.90. The van der Waals surface area contributed by atoms with E-state index in [0.29, 0.717) is 5.69 Å². The molecule has 0 aliphatic heterocycles. The number of nitrogens with one attached hydrogen (secondary N) is 2. The molecule has 3 aromatic rings. The van der Waals surface area contributed by atoms with E-state index in [1.54, 1.807) is 12.7 Å². The van der Waals surface area contributed by atoms with Gasteiger partial charge in [0.25, 0.3) is 0 Å². The van der Waals surface area contributed by atoms with Gasteiger partial charge in [-0.3, -0.25) is 0 Å². The number of benzene rings is 1. The maximum absolute atomic E-state index is 5.80. The second-order valence-electron chi connectivity index (χ2n) is 4.25. The quantitative estimate of drug-likeness (QED) is 0.615. The summed E-state index contributed by atoms with van der Waals surface area (Å²) in [6.07, 6.45) is 5.90. The van der Waals surface area contributed by atoms with Crippen LogP contribution in [0.15, 0.2) is 37.1 Å². The van der Waals surface area contributed by atoms with Gasteiger partial charge >= 0.3 is 0 Å². The predicted molar refractivity (Wildman–Crippen MR) is 74.7 cm³/mol. The van der Waals surface area contributed by atoms with Crippen molar-refractivity contribution in [3.05, 3.63) is 42.7 Å². The van der Waals surface area contributed by atoms with Crippen molar-refractivity contribution in [2.75, 3.05) is 17.6 Å². The molecule has 2 aromatic heterocycles. The highest BCUT2D eigenvalue weighted by Crippen LogP contribution is 2.21. The Labute approximate surface area is 110 Å². The molecule has 2 heterocycles. The van der Waals surface area contributed by atoms with Crippen LogP contribution in [0.1, 0.15) is 5.69 Å². The number of aromatic amines is 1. The van der Waals surface area contributed by atoms with Gasteiger partial charge in [0.05, 0.1) is 11.8 Å². The number of nitrogen functional groups attached to an aromatic ring is 1. The zero-order chi connectivity index (χ0) is 13.1. The monoisotopic (exact) mass is 254 g/mol. The van der Waals surface area contributed by atoms with Crippen LogP contribution in [0.3, 0.4) is 0 Å². The van der Waals surface area contributed by atoms with Gasteiger partial charge in [0.1, 0.15) is 12.1 Å². The first-order chi connectivity index (χ1) is 9.33. The van der Waals surface area contributed by atoms with Gasteiger partial charge in [0.15, 0.2) is 0 Å². The van der Waals surface area contributed by atoms with Gasteiger partial charge < -0.3 is 16.0 Å². The van der Waals surface area contributed by atoms with Crippen molar-refractivity contribution in [1.29, 1.82) is 0 Å².